The topological polar surface area (TPSA) is 86.0 Å². The third-order valence-corrected chi connectivity index (χ3v) is 3.63. The smallest absolute Gasteiger partial charge is 0.336 e. The van der Waals surface area contributed by atoms with E-state index in [0.717, 1.165) is 0 Å². The number of rotatable bonds is 2. The first-order valence-electron chi connectivity index (χ1n) is 6.93. The number of benzene rings is 1. The zero-order chi connectivity index (χ0) is 16.1. The standard InChI is InChI=1S/C16H16O6/c1-8(17)20-15-9-4-5-14(18)22-11(9)7-12-10(15)6-13(21-12)16(2,3)19/h4-5,7,13,19H,6H2,1-3H3. The number of hydrogen-bond donors (Lipinski definition) is 1. The molecule has 1 N–H and O–H groups in total. The number of hydrogen-bond acceptors (Lipinski definition) is 6. The molecule has 0 saturated carbocycles. The molecule has 116 valence electrons. The van der Waals surface area contributed by atoms with E-state index in [1.165, 1.54) is 13.0 Å². The summed E-state index contributed by atoms with van der Waals surface area (Å²) in [6, 6.07) is 4.41. The molecule has 0 bridgehead atoms. The normalized spacial score (nSPS) is 17.2. The van der Waals surface area contributed by atoms with Crippen LogP contribution in [-0.2, 0) is 11.2 Å². The Kier molecular flexibility index (Phi) is 3.21. The Labute approximate surface area is 126 Å². The van der Waals surface area contributed by atoms with Gasteiger partial charge in [-0.15, -0.1) is 0 Å². The van der Waals surface area contributed by atoms with Gasteiger partial charge in [-0.05, 0) is 19.9 Å². The maximum absolute atomic E-state index is 11.4. The van der Waals surface area contributed by atoms with Crippen LogP contribution in [0.15, 0.2) is 27.4 Å². The molecular formula is C16H16O6. The highest BCUT2D eigenvalue weighted by Gasteiger charge is 2.37. The molecule has 3 rings (SSSR count). The zero-order valence-electron chi connectivity index (χ0n) is 12.5. The van der Waals surface area contributed by atoms with Crippen LogP contribution < -0.4 is 15.1 Å². The molecule has 1 aliphatic heterocycles. The van der Waals surface area contributed by atoms with Crippen molar-refractivity contribution in [3.05, 3.63) is 34.2 Å². The van der Waals surface area contributed by atoms with E-state index in [4.69, 9.17) is 13.9 Å². The van der Waals surface area contributed by atoms with Gasteiger partial charge in [0.15, 0.2) is 0 Å². The van der Waals surface area contributed by atoms with Gasteiger partial charge >= 0.3 is 11.6 Å². The van der Waals surface area contributed by atoms with E-state index in [9.17, 15) is 14.7 Å². The maximum Gasteiger partial charge on any atom is 0.336 e. The second-order valence-corrected chi connectivity index (χ2v) is 5.91. The van der Waals surface area contributed by atoms with E-state index in [1.54, 1.807) is 26.0 Å². The highest BCUT2D eigenvalue weighted by atomic mass is 16.5. The molecule has 0 spiro atoms. The Morgan fingerprint density at radius 1 is 1.41 bits per heavy atom. The summed E-state index contributed by atoms with van der Waals surface area (Å²) < 4.78 is 16.2. The third kappa shape index (κ3) is 2.46. The van der Waals surface area contributed by atoms with Crippen molar-refractivity contribution in [1.29, 1.82) is 0 Å². The number of ether oxygens (including phenoxy) is 2. The van der Waals surface area contributed by atoms with Gasteiger partial charge in [-0.1, -0.05) is 0 Å². The minimum absolute atomic E-state index is 0.277. The molecule has 2 heterocycles. The van der Waals surface area contributed by atoms with Crippen LogP contribution in [0.2, 0.25) is 0 Å². The molecule has 0 saturated heterocycles. The number of esters is 1. The van der Waals surface area contributed by atoms with Gasteiger partial charge in [0.25, 0.3) is 0 Å². The lowest BCUT2D eigenvalue weighted by Gasteiger charge is -2.24. The fraction of sp³-hybridized carbons (Fsp3) is 0.375. The van der Waals surface area contributed by atoms with E-state index in [0.29, 0.717) is 28.9 Å². The van der Waals surface area contributed by atoms with Crippen LogP contribution in [0.3, 0.4) is 0 Å². The van der Waals surface area contributed by atoms with Crippen molar-refractivity contribution in [3.63, 3.8) is 0 Å². The van der Waals surface area contributed by atoms with E-state index in [2.05, 4.69) is 0 Å². The summed E-state index contributed by atoms with van der Waals surface area (Å²) in [6.45, 7) is 4.59. The fourth-order valence-electron chi connectivity index (χ4n) is 2.54. The second kappa shape index (κ2) is 4.84. The van der Waals surface area contributed by atoms with Crippen molar-refractivity contribution in [3.8, 4) is 11.5 Å². The van der Waals surface area contributed by atoms with Gasteiger partial charge < -0.3 is 19.0 Å². The maximum atomic E-state index is 11.4. The number of carbonyl (C=O) groups excluding carboxylic acids is 1. The van der Waals surface area contributed by atoms with Crippen LogP contribution >= 0.6 is 0 Å². The van der Waals surface area contributed by atoms with Crippen LogP contribution in [0.25, 0.3) is 11.0 Å². The molecule has 1 unspecified atom stereocenters. The lowest BCUT2D eigenvalue weighted by atomic mass is 9.96. The van der Waals surface area contributed by atoms with Gasteiger partial charge in [-0.3, -0.25) is 4.79 Å². The molecule has 1 aromatic carbocycles. The predicted molar refractivity (Wildman–Crippen MR) is 78.2 cm³/mol. The minimum Gasteiger partial charge on any atom is -0.487 e. The van der Waals surface area contributed by atoms with Gasteiger partial charge in [-0.25, -0.2) is 4.79 Å². The second-order valence-electron chi connectivity index (χ2n) is 5.91. The molecule has 6 nitrogen and oxygen atoms in total. The van der Waals surface area contributed by atoms with Gasteiger partial charge in [0, 0.05) is 31.0 Å². The summed E-state index contributed by atoms with van der Waals surface area (Å²) in [6.07, 6.45) is -0.0726. The molecular weight excluding hydrogens is 288 g/mol. The molecule has 0 aliphatic carbocycles. The van der Waals surface area contributed by atoms with Crippen LogP contribution in [-0.4, -0.2) is 22.8 Å². The summed E-state index contributed by atoms with van der Waals surface area (Å²) in [5.41, 5.74) is -0.597. The highest BCUT2D eigenvalue weighted by molar-refractivity contribution is 5.90. The minimum atomic E-state index is -1.06. The summed E-state index contributed by atoms with van der Waals surface area (Å²) in [5, 5.41) is 10.7. The fourth-order valence-corrected chi connectivity index (χ4v) is 2.54. The summed E-state index contributed by atoms with van der Waals surface area (Å²) in [5.74, 6) is 0.285. The largest absolute Gasteiger partial charge is 0.487 e. The molecule has 22 heavy (non-hydrogen) atoms. The number of carbonyl (C=O) groups is 1. The molecule has 1 atom stereocenters. The van der Waals surface area contributed by atoms with E-state index in [1.807, 2.05) is 0 Å². The SMILES string of the molecule is CC(=O)Oc1c2c(cc3oc(=O)ccc13)OC(C(C)(C)O)C2. The van der Waals surface area contributed by atoms with Gasteiger partial charge in [0.1, 0.15) is 23.2 Å². The van der Waals surface area contributed by atoms with Gasteiger partial charge in [0.05, 0.1) is 11.0 Å². The molecule has 0 fully saturated rings. The van der Waals surface area contributed by atoms with E-state index >= 15 is 0 Å². The van der Waals surface area contributed by atoms with Gasteiger partial charge in [0.2, 0.25) is 0 Å². The van der Waals surface area contributed by atoms with E-state index in [-0.39, 0.29) is 5.58 Å². The molecule has 6 heteroatoms. The first-order valence-corrected chi connectivity index (χ1v) is 6.93. The Morgan fingerprint density at radius 3 is 2.77 bits per heavy atom. The Balaban J connectivity index is 2.21. The lowest BCUT2D eigenvalue weighted by molar-refractivity contribution is -0.131. The van der Waals surface area contributed by atoms with Crippen molar-refractivity contribution in [2.24, 2.45) is 0 Å². The van der Waals surface area contributed by atoms with Crippen molar-refractivity contribution in [2.75, 3.05) is 0 Å². The molecule has 1 aromatic heterocycles. The van der Waals surface area contributed by atoms with Crippen LogP contribution in [0.1, 0.15) is 26.3 Å². The summed E-state index contributed by atoms with van der Waals surface area (Å²) >= 11 is 0. The van der Waals surface area contributed by atoms with Gasteiger partial charge in [-0.2, -0.15) is 0 Å². The number of fused-ring (bicyclic) bond motifs is 2. The average molecular weight is 304 g/mol. The third-order valence-electron chi connectivity index (χ3n) is 3.63. The molecule has 1 aliphatic rings. The lowest BCUT2D eigenvalue weighted by Crippen LogP contribution is -2.39. The summed E-state index contributed by atoms with van der Waals surface area (Å²) in [7, 11) is 0. The van der Waals surface area contributed by atoms with Crippen molar-refractivity contribution in [1.82, 2.24) is 0 Å². The molecule has 0 amide bonds. The zero-order valence-corrected chi connectivity index (χ0v) is 12.5. The average Bonchev–Trinajstić information content (AvgIpc) is 2.81. The van der Waals surface area contributed by atoms with Crippen molar-refractivity contribution >= 4 is 16.9 Å². The first kappa shape index (κ1) is 14.6. The monoisotopic (exact) mass is 304 g/mol. The van der Waals surface area contributed by atoms with Crippen LogP contribution in [0.5, 0.6) is 11.5 Å². The van der Waals surface area contributed by atoms with Crippen LogP contribution in [0, 0.1) is 0 Å². The first-order chi connectivity index (χ1) is 10.3. The Morgan fingerprint density at radius 2 is 2.14 bits per heavy atom. The Hall–Kier alpha value is -2.34. The number of aliphatic hydroxyl groups is 1. The highest BCUT2D eigenvalue weighted by Crippen LogP contribution is 2.43. The van der Waals surface area contributed by atoms with Crippen LogP contribution in [0.4, 0.5) is 0 Å². The van der Waals surface area contributed by atoms with Crippen molar-refractivity contribution < 1.29 is 23.8 Å². The predicted octanol–water partition coefficient (Wildman–Crippen LogP) is 1.79. The van der Waals surface area contributed by atoms with Crippen molar-refractivity contribution in [2.45, 2.75) is 38.9 Å². The summed E-state index contributed by atoms with van der Waals surface area (Å²) in [4.78, 5) is 22.8. The molecule has 2 aromatic rings. The van der Waals surface area contributed by atoms with E-state index < -0.39 is 23.3 Å². The molecule has 0 radical (unpaired) electrons. The quantitative estimate of drug-likeness (QED) is 0.517. The Bertz CT molecular complexity index is 812.